The standard InChI is InChI=1S/C16H20FN3S/c1-12-7-8-14(21-12)11-20-16(18-2)19-10-9-13-5-3-4-6-15(13)17/h3-8H,9-11H2,1-2H3,(H2,18,19,20). The molecule has 0 aliphatic carbocycles. The van der Waals surface area contributed by atoms with Crippen molar-refractivity contribution in [2.75, 3.05) is 13.6 Å². The Bertz CT molecular complexity index is 607. The van der Waals surface area contributed by atoms with Crippen LogP contribution in [0.25, 0.3) is 0 Å². The van der Waals surface area contributed by atoms with E-state index in [-0.39, 0.29) is 5.82 Å². The molecule has 0 spiro atoms. The molecule has 5 heteroatoms. The molecule has 2 N–H and O–H groups in total. The van der Waals surface area contributed by atoms with E-state index in [1.807, 2.05) is 12.1 Å². The zero-order valence-corrected chi connectivity index (χ0v) is 13.1. The maximum Gasteiger partial charge on any atom is 0.191 e. The number of rotatable bonds is 5. The van der Waals surface area contributed by atoms with Gasteiger partial charge >= 0.3 is 0 Å². The Kier molecular flexibility index (Phi) is 5.75. The number of hydrogen-bond acceptors (Lipinski definition) is 2. The van der Waals surface area contributed by atoms with E-state index in [1.165, 1.54) is 15.8 Å². The molecule has 0 radical (unpaired) electrons. The van der Waals surface area contributed by atoms with Gasteiger partial charge in [-0.15, -0.1) is 11.3 Å². The number of benzene rings is 1. The van der Waals surface area contributed by atoms with Crippen LogP contribution in [0.4, 0.5) is 4.39 Å². The van der Waals surface area contributed by atoms with Gasteiger partial charge in [-0.1, -0.05) is 18.2 Å². The predicted octanol–water partition coefficient (Wildman–Crippen LogP) is 3.10. The van der Waals surface area contributed by atoms with Gasteiger partial charge in [0, 0.05) is 23.3 Å². The fourth-order valence-corrected chi connectivity index (χ4v) is 2.82. The highest BCUT2D eigenvalue weighted by Crippen LogP contribution is 2.14. The SMILES string of the molecule is CN=C(NCCc1ccccc1F)NCc1ccc(C)s1. The molecule has 1 aromatic heterocycles. The molecule has 0 atom stereocenters. The number of thiophene rings is 1. The van der Waals surface area contributed by atoms with Gasteiger partial charge < -0.3 is 10.6 Å². The normalized spacial score (nSPS) is 11.5. The van der Waals surface area contributed by atoms with Gasteiger partial charge in [0.25, 0.3) is 0 Å². The lowest BCUT2D eigenvalue weighted by Gasteiger charge is -2.11. The third kappa shape index (κ3) is 4.86. The highest BCUT2D eigenvalue weighted by atomic mass is 32.1. The maximum absolute atomic E-state index is 13.5. The number of nitrogens with one attached hydrogen (secondary N) is 2. The summed E-state index contributed by atoms with van der Waals surface area (Å²) in [5.74, 6) is 0.577. The Morgan fingerprint density at radius 3 is 2.67 bits per heavy atom. The predicted molar refractivity (Wildman–Crippen MR) is 87.4 cm³/mol. The van der Waals surface area contributed by atoms with Gasteiger partial charge in [-0.05, 0) is 37.1 Å². The summed E-state index contributed by atoms with van der Waals surface area (Å²) in [5, 5.41) is 6.45. The molecule has 0 aliphatic rings. The number of hydrogen-bond donors (Lipinski definition) is 2. The molecule has 0 aliphatic heterocycles. The number of aliphatic imine (C=N–C) groups is 1. The van der Waals surface area contributed by atoms with Gasteiger partial charge in [0.1, 0.15) is 5.82 Å². The zero-order chi connectivity index (χ0) is 15.1. The van der Waals surface area contributed by atoms with E-state index in [0.717, 1.165) is 12.5 Å². The second-order valence-corrected chi connectivity index (χ2v) is 6.08. The van der Waals surface area contributed by atoms with E-state index in [9.17, 15) is 4.39 Å². The number of guanidine groups is 1. The summed E-state index contributed by atoms with van der Waals surface area (Å²) in [5.41, 5.74) is 0.717. The second-order valence-electron chi connectivity index (χ2n) is 4.71. The Balaban J connectivity index is 1.77. The molecule has 2 rings (SSSR count). The van der Waals surface area contributed by atoms with Crippen LogP contribution in [-0.2, 0) is 13.0 Å². The number of nitrogens with zero attached hydrogens (tertiary/aromatic N) is 1. The van der Waals surface area contributed by atoms with Crippen molar-refractivity contribution in [1.29, 1.82) is 0 Å². The quantitative estimate of drug-likeness (QED) is 0.658. The van der Waals surface area contributed by atoms with Crippen molar-refractivity contribution in [2.24, 2.45) is 4.99 Å². The molecule has 0 unspecified atom stereocenters. The summed E-state index contributed by atoms with van der Waals surface area (Å²) in [4.78, 5) is 6.74. The van der Waals surface area contributed by atoms with Gasteiger partial charge in [-0.25, -0.2) is 4.39 Å². The van der Waals surface area contributed by atoms with Crippen molar-refractivity contribution < 1.29 is 4.39 Å². The highest BCUT2D eigenvalue weighted by molar-refractivity contribution is 7.11. The van der Waals surface area contributed by atoms with Crippen LogP contribution in [-0.4, -0.2) is 19.6 Å². The van der Waals surface area contributed by atoms with Gasteiger partial charge in [0.2, 0.25) is 0 Å². The summed E-state index contributed by atoms with van der Waals surface area (Å²) in [6.45, 7) is 3.48. The first-order valence-corrected chi connectivity index (χ1v) is 7.74. The van der Waals surface area contributed by atoms with Crippen LogP contribution in [0.5, 0.6) is 0 Å². The minimum absolute atomic E-state index is 0.156. The second kappa shape index (κ2) is 7.78. The van der Waals surface area contributed by atoms with Crippen LogP contribution < -0.4 is 10.6 Å². The van der Waals surface area contributed by atoms with E-state index in [1.54, 1.807) is 24.5 Å². The molecule has 21 heavy (non-hydrogen) atoms. The van der Waals surface area contributed by atoms with Gasteiger partial charge in [0.15, 0.2) is 5.96 Å². The summed E-state index contributed by atoms with van der Waals surface area (Å²) >= 11 is 1.77. The molecular formula is C16H20FN3S. The minimum Gasteiger partial charge on any atom is -0.356 e. The first kappa shape index (κ1) is 15.5. The van der Waals surface area contributed by atoms with E-state index < -0.39 is 0 Å². The summed E-state index contributed by atoms with van der Waals surface area (Å²) < 4.78 is 13.5. The summed E-state index contributed by atoms with van der Waals surface area (Å²) in [7, 11) is 1.73. The monoisotopic (exact) mass is 305 g/mol. The largest absolute Gasteiger partial charge is 0.356 e. The smallest absolute Gasteiger partial charge is 0.191 e. The van der Waals surface area contributed by atoms with Crippen molar-refractivity contribution in [1.82, 2.24) is 10.6 Å². The molecule has 112 valence electrons. The Morgan fingerprint density at radius 1 is 1.19 bits per heavy atom. The molecule has 1 heterocycles. The van der Waals surface area contributed by atoms with Crippen molar-refractivity contribution in [2.45, 2.75) is 19.9 Å². The van der Waals surface area contributed by atoms with E-state index in [4.69, 9.17) is 0 Å². The molecule has 3 nitrogen and oxygen atoms in total. The summed E-state index contributed by atoms with van der Waals surface area (Å²) in [6.07, 6.45) is 0.630. The van der Waals surface area contributed by atoms with E-state index in [2.05, 4.69) is 34.7 Å². The lowest BCUT2D eigenvalue weighted by Crippen LogP contribution is -2.37. The maximum atomic E-state index is 13.5. The van der Waals surface area contributed by atoms with Crippen molar-refractivity contribution in [3.63, 3.8) is 0 Å². The van der Waals surface area contributed by atoms with E-state index in [0.29, 0.717) is 18.5 Å². The lowest BCUT2D eigenvalue weighted by atomic mass is 10.1. The van der Waals surface area contributed by atoms with Gasteiger partial charge in [-0.3, -0.25) is 4.99 Å². The van der Waals surface area contributed by atoms with Crippen LogP contribution in [0.2, 0.25) is 0 Å². The molecule has 1 aromatic carbocycles. The molecule has 0 saturated carbocycles. The topological polar surface area (TPSA) is 36.4 Å². The molecular weight excluding hydrogens is 285 g/mol. The van der Waals surface area contributed by atoms with Crippen LogP contribution in [0, 0.1) is 12.7 Å². The molecule has 2 aromatic rings. The molecule has 0 saturated heterocycles. The van der Waals surface area contributed by atoms with Crippen LogP contribution >= 0.6 is 11.3 Å². The Morgan fingerprint density at radius 2 is 2.00 bits per heavy atom. The Hall–Kier alpha value is -1.88. The third-order valence-electron chi connectivity index (χ3n) is 3.09. The number of aryl methyl sites for hydroxylation is 1. The minimum atomic E-state index is -0.156. The lowest BCUT2D eigenvalue weighted by molar-refractivity contribution is 0.607. The molecule has 0 fully saturated rings. The van der Waals surface area contributed by atoms with Crippen molar-refractivity contribution in [3.8, 4) is 0 Å². The van der Waals surface area contributed by atoms with Gasteiger partial charge in [0.05, 0.1) is 6.54 Å². The van der Waals surface area contributed by atoms with Crippen molar-refractivity contribution in [3.05, 3.63) is 57.5 Å². The fraction of sp³-hybridized carbons (Fsp3) is 0.312. The zero-order valence-electron chi connectivity index (χ0n) is 12.3. The first-order valence-electron chi connectivity index (χ1n) is 6.92. The highest BCUT2D eigenvalue weighted by Gasteiger charge is 2.02. The summed E-state index contributed by atoms with van der Waals surface area (Å²) in [6, 6.07) is 11.1. The van der Waals surface area contributed by atoms with Crippen molar-refractivity contribution >= 4 is 17.3 Å². The van der Waals surface area contributed by atoms with Crippen LogP contribution in [0.15, 0.2) is 41.4 Å². The Labute approximate surface area is 128 Å². The van der Waals surface area contributed by atoms with Gasteiger partial charge in [-0.2, -0.15) is 0 Å². The first-order chi connectivity index (χ1) is 10.2. The number of halogens is 1. The third-order valence-corrected chi connectivity index (χ3v) is 4.09. The van der Waals surface area contributed by atoms with Crippen LogP contribution in [0.1, 0.15) is 15.3 Å². The fourth-order valence-electron chi connectivity index (χ4n) is 1.99. The average Bonchev–Trinajstić information content (AvgIpc) is 2.90. The van der Waals surface area contributed by atoms with E-state index >= 15 is 0 Å². The average molecular weight is 305 g/mol. The van der Waals surface area contributed by atoms with Crippen LogP contribution in [0.3, 0.4) is 0 Å². The molecule has 0 amide bonds. The molecule has 0 bridgehead atoms.